The van der Waals surface area contributed by atoms with E-state index in [1.807, 2.05) is 4.90 Å². The number of carbonyl (C=O) groups excluding carboxylic acids is 1. The number of guanidine groups is 1. The van der Waals surface area contributed by atoms with Gasteiger partial charge >= 0.3 is 0 Å². The summed E-state index contributed by atoms with van der Waals surface area (Å²) in [6, 6.07) is 1.13. The van der Waals surface area contributed by atoms with Crippen LogP contribution in [0.25, 0.3) is 0 Å². The third-order valence-electron chi connectivity index (χ3n) is 5.08. The summed E-state index contributed by atoms with van der Waals surface area (Å²) in [7, 11) is 1.78. The number of nitrogens with zero attached hydrogens (tertiary/aromatic N) is 3. The predicted octanol–water partition coefficient (Wildman–Crippen LogP) is 2.31. The maximum atomic E-state index is 12.3. The molecule has 0 bridgehead atoms. The minimum atomic E-state index is 0.254. The molecule has 0 radical (unpaired) electrons. The molecule has 1 amide bonds. The zero-order valence-electron chi connectivity index (χ0n) is 17.8. The van der Waals surface area contributed by atoms with Crippen LogP contribution in [0.4, 0.5) is 0 Å². The highest BCUT2D eigenvalue weighted by Gasteiger charge is 2.20. The summed E-state index contributed by atoms with van der Waals surface area (Å²) in [6.45, 7) is 15.6. The lowest BCUT2D eigenvalue weighted by Gasteiger charge is -2.31. The van der Waals surface area contributed by atoms with Gasteiger partial charge in [-0.2, -0.15) is 0 Å². The SMILES string of the molecule is CN=C(NCCCN(C(C)C)C(C)C)NCCC(=O)N1CCCC(C)C1. The first-order valence-electron chi connectivity index (χ1n) is 10.3. The van der Waals surface area contributed by atoms with Crippen molar-refractivity contribution in [2.45, 2.75) is 72.4 Å². The first-order chi connectivity index (χ1) is 12.3. The average Bonchev–Trinajstić information content (AvgIpc) is 2.59. The van der Waals surface area contributed by atoms with Gasteiger partial charge in [0, 0.05) is 58.3 Å². The molecule has 0 aromatic heterocycles. The van der Waals surface area contributed by atoms with E-state index in [0.717, 1.165) is 45.0 Å². The van der Waals surface area contributed by atoms with Crippen LogP contribution in [0.15, 0.2) is 4.99 Å². The van der Waals surface area contributed by atoms with E-state index in [-0.39, 0.29) is 5.91 Å². The van der Waals surface area contributed by atoms with Crippen molar-refractivity contribution in [2.24, 2.45) is 10.9 Å². The van der Waals surface area contributed by atoms with Crippen LogP contribution in [0.3, 0.4) is 0 Å². The predicted molar refractivity (Wildman–Crippen MR) is 111 cm³/mol. The Morgan fingerprint density at radius 3 is 2.42 bits per heavy atom. The number of piperidine rings is 1. The van der Waals surface area contributed by atoms with Crippen molar-refractivity contribution >= 4 is 11.9 Å². The van der Waals surface area contributed by atoms with Crippen molar-refractivity contribution in [2.75, 3.05) is 39.8 Å². The minimum Gasteiger partial charge on any atom is -0.356 e. The van der Waals surface area contributed by atoms with Gasteiger partial charge in [-0.25, -0.2) is 0 Å². The van der Waals surface area contributed by atoms with Gasteiger partial charge in [0.1, 0.15) is 0 Å². The van der Waals surface area contributed by atoms with Gasteiger partial charge < -0.3 is 15.5 Å². The highest BCUT2D eigenvalue weighted by Crippen LogP contribution is 2.15. The van der Waals surface area contributed by atoms with E-state index in [0.29, 0.717) is 31.0 Å². The quantitative estimate of drug-likeness (QED) is 0.373. The molecule has 6 nitrogen and oxygen atoms in total. The minimum absolute atomic E-state index is 0.254. The number of nitrogens with one attached hydrogen (secondary N) is 2. The van der Waals surface area contributed by atoms with Crippen molar-refractivity contribution in [3.05, 3.63) is 0 Å². The number of amides is 1. The van der Waals surface area contributed by atoms with Crippen molar-refractivity contribution in [3.63, 3.8) is 0 Å². The van der Waals surface area contributed by atoms with E-state index >= 15 is 0 Å². The highest BCUT2D eigenvalue weighted by atomic mass is 16.2. The van der Waals surface area contributed by atoms with Crippen LogP contribution in [0.1, 0.15) is 60.3 Å². The standard InChI is InChI=1S/C20H41N5O/c1-16(2)25(17(3)4)14-8-11-22-20(21-6)23-12-10-19(26)24-13-7-9-18(5)15-24/h16-18H,7-15H2,1-6H3,(H2,21,22,23). The Morgan fingerprint density at radius 2 is 1.85 bits per heavy atom. The summed E-state index contributed by atoms with van der Waals surface area (Å²) in [5.41, 5.74) is 0. The molecule has 26 heavy (non-hydrogen) atoms. The van der Waals surface area contributed by atoms with E-state index in [2.05, 4.69) is 55.1 Å². The lowest BCUT2D eigenvalue weighted by molar-refractivity contribution is -0.132. The van der Waals surface area contributed by atoms with Crippen LogP contribution < -0.4 is 10.6 Å². The Morgan fingerprint density at radius 1 is 1.19 bits per heavy atom. The third kappa shape index (κ3) is 8.39. The van der Waals surface area contributed by atoms with Gasteiger partial charge in [0.05, 0.1) is 0 Å². The van der Waals surface area contributed by atoms with Gasteiger partial charge in [0.15, 0.2) is 5.96 Å². The largest absolute Gasteiger partial charge is 0.356 e. The van der Waals surface area contributed by atoms with Crippen molar-refractivity contribution in [1.29, 1.82) is 0 Å². The summed E-state index contributed by atoms with van der Waals surface area (Å²) < 4.78 is 0. The molecule has 1 aliphatic rings. The molecule has 6 heteroatoms. The van der Waals surface area contributed by atoms with Gasteiger partial charge in [0.25, 0.3) is 0 Å². The number of aliphatic imine (C=N–C) groups is 1. The van der Waals surface area contributed by atoms with Crippen molar-refractivity contribution in [1.82, 2.24) is 20.4 Å². The lowest BCUT2D eigenvalue weighted by atomic mass is 10.00. The molecule has 0 aromatic carbocycles. The molecule has 2 N–H and O–H groups in total. The van der Waals surface area contributed by atoms with Crippen LogP contribution in [0, 0.1) is 5.92 Å². The molecule has 152 valence electrons. The van der Waals surface area contributed by atoms with Crippen molar-refractivity contribution < 1.29 is 4.79 Å². The Kier molecular flexibility index (Phi) is 10.6. The van der Waals surface area contributed by atoms with E-state index in [1.54, 1.807) is 7.05 Å². The second-order valence-electron chi connectivity index (χ2n) is 8.04. The Bertz CT molecular complexity index is 428. The van der Waals surface area contributed by atoms with Crippen molar-refractivity contribution in [3.8, 4) is 0 Å². The van der Waals surface area contributed by atoms with Crippen LogP contribution in [-0.2, 0) is 4.79 Å². The average molecular weight is 368 g/mol. The summed E-state index contributed by atoms with van der Waals surface area (Å²) >= 11 is 0. The van der Waals surface area contributed by atoms with Gasteiger partial charge in [-0.15, -0.1) is 0 Å². The second-order valence-corrected chi connectivity index (χ2v) is 8.04. The number of hydrogen-bond donors (Lipinski definition) is 2. The molecule has 0 saturated carbocycles. The molecule has 1 saturated heterocycles. The maximum absolute atomic E-state index is 12.3. The van der Waals surface area contributed by atoms with Gasteiger partial charge in [-0.1, -0.05) is 6.92 Å². The third-order valence-corrected chi connectivity index (χ3v) is 5.08. The van der Waals surface area contributed by atoms with Crippen LogP contribution in [-0.4, -0.2) is 73.5 Å². The number of hydrogen-bond acceptors (Lipinski definition) is 3. The summed E-state index contributed by atoms with van der Waals surface area (Å²) in [5.74, 6) is 1.67. The Labute approximate surface area is 160 Å². The van der Waals surface area contributed by atoms with Crippen LogP contribution in [0.2, 0.25) is 0 Å². The second kappa shape index (κ2) is 12.2. The Balaban J connectivity index is 2.21. The smallest absolute Gasteiger partial charge is 0.224 e. The first kappa shape index (κ1) is 22.7. The van der Waals surface area contributed by atoms with Gasteiger partial charge in [-0.05, 0) is 52.9 Å². The zero-order chi connectivity index (χ0) is 19.5. The van der Waals surface area contributed by atoms with Gasteiger partial charge in [0.2, 0.25) is 5.91 Å². The summed E-state index contributed by atoms with van der Waals surface area (Å²) in [4.78, 5) is 21.1. The lowest BCUT2D eigenvalue weighted by Crippen LogP contribution is -2.43. The number of carbonyl (C=O) groups is 1. The molecule has 0 spiro atoms. The maximum Gasteiger partial charge on any atom is 0.224 e. The molecule has 1 unspecified atom stereocenters. The fourth-order valence-electron chi connectivity index (χ4n) is 3.66. The topological polar surface area (TPSA) is 60.0 Å². The van der Waals surface area contributed by atoms with E-state index in [9.17, 15) is 4.79 Å². The molecule has 1 aliphatic heterocycles. The molecule has 0 aromatic rings. The van der Waals surface area contributed by atoms with Crippen LogP contribution in [0.5, 0.6) is 0 Å². The van der Waals surface area contributed by atoms with Gasteiger partial charge in [-0.3, -0.25) is 14.7 Å². The zero-order valence-corrected chi connectivity index (χ0v) is 17.8. The molecule has 1 heterocycles. The highest BCUT2D eigenvalue weighted by molar-refractivity contribution is 5.81. The molecule has 0 aliphatic carbocycles. The van der Waals surface area contributed by atoms with E-state index < -0.39 is 0 Å². The van der Waals surface area contributed by atoms with E-state index in [4.69, 9.17) is 0 Å². The summed E-state index contributed by atoms with van der Waals surface area (Å²) in [6.07, 6.45) is 3.97. The van der Waals surface area contributed by atoms with Crippen LogP contribution >= 0.6 is 0 Å². The number of likely N-dealkylation sites (tertiary alicyclic amines) is 1. The first-order valence-corrected chi connectivity index (χ1v) is 10.3. The molecular formula is C20H41N5O. The molecular weight excluding hydrogens is 326 g/mol. The van der Waals surface area contributed by atoms with E-state index in [1.165, 1.54) is 6.42 Å². The number of rotatable bonds is 9. The molecule has 1 rings (SSSR count). The Hall–Kier alpha value is -1.30. The fourth-order valence-corrected chi connectivity index (χ4v) is 3.66. The molecule has 1 fully saturated rings. The monoisotopic (exact) mass is 367 g/mol. The molecule has 1 atom stereocenters. The fraction of sp³-hybridized carbons (Fsp3) is 0.900. The summed E-state index contributed by atoms with van der Waals surface area (Å²) in [5, 5.41) is 6.61. The normalized spacial score (nSPS) is 18.7.